The molecule has 0 bridgehead atoms. The van der Waals surface area contributed by atoms with E-state index in [1.54, 1.807) is 0 Å². The monoisotopic (exact) mass is 326 g/mol. The summed E-state index contributed by atoms with van der Waals surface area (Å²) in [5, 5.41) is 11.9. The summed E-state index contributed by atoms with van der Waals surface area (Å²) in [5.74, 6) is 0. The van der Waals surface area contributed by atoms with Gasteiger partial charge in [-0.2, -0.15) is 0 Å². The van der Waals surface area contributed by atoms with Crippen molar-refractivity contribution in [2.75, 3.05) is 0 Å². The van der Waals surface area contributed by atoms with E-state index in [4.69, 9.17) is 0 Å². The van der Waals surface area contributed by atoms with Crippen LogP contribution < -0.4 is 10.4 Å². The summed E-state index contributed by atoms with van der Waals surface area (Å²) in [5.41, 5.74) is 1.94. The summed E-state index contributed by atoms with van der Waals surface area (Å²) in [7, 11) is -2.89. The van der Waals surface area contributed by atoms with Gasteiger partial charge in [0.15, 0.2) is 0 Å². The van der Waals surface area contributed by atoms with Gasteiger partial charge in [-0.15, -0.1) is 0 Å². The molecule has 3 heteroatoms. The summed E-state index contributed by atoms with van der Waals surface area (Å²) >= 11 is 0. The van der Waals surface area contributed by atoms with E-state index in [0.717, 1.165) is 29.6 Å². The Morgan fingerprint density at radius 1 is 0.957 bits per heavy atom. The number of aliphatic hydroxyl groups excluding tert-OH is 1. The number of unbranched alkanes of at least 4 members (excludes halogenated alkanes) is 1. The van der Waals surface area contributed by atoms with E-state index < -0.39 is 8.32 Å². The lowest BCUT2D eigenvalue weighted by atomic mass is 10.1. The Balaban J connectivity index is 2.22. The zero-order valence-corrected chi connectivity index (χ0v) is 14.7. The van der Waals surface area contributed by atoms with E-state index in [0.29, 0.717) is 6.42 Å². The zero-order valence-electron chi connectivity index (χ0n) is 13.7. The van der Waals surface area contributed by atoms with Crippen molar-refractivity contribution in [2.45, 2.75) is 38.7 Å². The fourth-order valence-corrected chi connectivity index (χ4v) is 5.29. The van der Waals surface area contributed by atoms with Crippen LogP contribution in [0.4, 0.5) is 0 Å². The van der Waals surface area contributed by atoms with Gasteiger partial charge in [0.2, 0.25) is 0 Å². The molecule has 0 aromatic heterocycles. The van der Waals surface area contributed by atoms with Gasteiger partial charge in [-0.25, -0.2) is 0 Å². The lowest BCUT2D eigenvalue weighted by Crippen LogP contribution is -2.57. The second-order valence-corrected chi connectivity index (χ2v) is 8.95. The molecule has 0 aliphatic rings. The Bertz CT molecular complexity index is 556. The van der Waals surface area contributed by atoms with Gasteiger partial charge in [-0.1, -0.05) is 92.2 Å². The highest BCUT2D eigenvalue weighted by Gasteiger charge is 2.32. The lowest BCUT2D eigenvalue weighted by Gasteiger charge is -2.23. The van der Waals surface area contributed by atoms with Crippen LogP contribution in [0.15, 0.2) is 72.4 Å². The van der Waals surface area contributed by atoms with Gasteiger partial charge in [0, 0.05) is 0 Å². The topological polar surface area (TPSA) is 40.5 Å². The Labute approximate surface area is 140 Å². The predicted molar refractivity (Wildman–Crippen MR) is 99.4 cm³/mol. The van der Waals surface area contributed by atoms with Crippen LogP contribution in [-0.4, -0.2) is 24.3 Å². The van der Waals surface area contributed by atoms with Crippen molar-refractivity contribution in [1.29, 1.82) is 0 Å². The summed E-state index contributed by atoms with van der Waals surface area (Å²) in [6, 6.07) is 19.7. The van der Waals surface area contributed by atoms with Crippen LogP contribution >= 0.6 is 0 Å². The quantitative estimate of drug-likeness (QED) is 0.732. The molecule has 0 saturated heterocycles. The molecule has 0 aliphatic heterocycles. The molecule has 0 amide bonds. The third kappa shape index (κ3) is 4.89. The third-order valence-corrected chi connectivity index (χ3v) is 7.23. The van der Waals surface area contributed by atoms with Crippen molar-refractivity contribution in [2.24, 2.45) is 0 Å². The molecule has 2 aromatic rings. The van der Waals surface area contributed by atoms with Crippen LogP contribution in [0.25, 0.3) is 0 Å². The molecule has 2 nitrogen and oxygen atoms in total. The molecule has 122 valence electrons. The Kier molecular flexibility index (Phi) is 6.78. The summed E-state index contributed by atoms with van der Waals surface area (Å²) < 4.78 is 0. The first-order valence-electron chi connectivity index (χ1n) is 8.36. The maximum Gasteiger partial charge on any atom is 0.277 e. The molecule has 2 N–H and O–H groups in total. The molecule has 2 rings (SSSR count). The number of rotatable bonds is 8. The smallest absolute Gasteiger partial charge is 0.277 e. The predicted octanol–water partition coefficient (Wildman–Crippen LogP) is 2.78. The van der Waals surface area contributed by atoms with E-state index in [1.165, 1.54) is 0 Å². The maximum absolute atomic E-state index is 11.4. The molecule has 1 atom stereocenters. The molecule has 0 saturated carbocycles. The minimum Gasteiger partial charge on any atom is -0.421 e. The first-order chi connectivity index (χ1) is 11.2. The van der Waals surface area contributed by atoms with Crippen molar-refractivity contribution >= 4 is 18.7 Å². The minimum absolute atomic E-state index is 0.323. The second kappa shape index (κ2) is 8.82. The van der Waals surface area contributed by atoms with Gasteiger partial charge in [0.1, 0.15) is 0 Å². The minimum atomic E-state index is -2.89. The van der Waals surface area contributed by atoms with Gasteiger partial charge >= 0.3 is 0 Å². The largest absolute Gasteiger partial charge is 0.421 e. The van der Waals surface area contributed by atoms with Crippen LogP contribution in [0.1, 0.15) is 32.6 Å². The summed E-state index contributed by atoms with van der Waals surface area (Å²) in [6.45, 7) is 2.12. The number of aliphatic hydroxyl groups is 1. The molecule has 0 fully saturated rings. The Hall–Kier alpha value is -1.68. The SMILES string of the molecule is CCCCC(O)C/C=C/[Si](O)(c1ccccc1)c1ccccc1. The number of benzene rings is 2. The first kappa shape index (κ1) is 17.7. The van der Waals surface area contributed by atoms with E-state index in [2.05, 4.69) is 6.92 Å². The van der Waals surface area contributed by atoms with Gasteiger partial charge in [0.25, 0.3) is 8.32 Å². The van der Waals surface area contributed by atoms with Gasteiger partial charge in [-0.3, -0.25) is 0 Å². The highest BCUT2D eigenvalue weighted by molar-refractivity contribution is 7.00. The fourth-order valence-electron chi connectivity index (χ4n) is 2.70. The Morgan fingerprint density at radius 3 is 1.96 bits per heavy atom. The molecule has 1 unspecified atom stereocenters. The standard InChI is InChI=1S/C20H26O2Si/c1-2-3-11-18(21)12-10-17-23(22,19-13-6-4-7-14-19)20-15-8-5-9-16-20/h4-10,13-18,21-22H,2-3,11-12H2,1H3/b17-10+. The van der Waals surface area contributed by atoms with E-state index >= 15 is 0 Å². The third-order valence-electron chi connectivity index (χ3n) is 4.09. The highest BCUT2D eigenvalue weighted by Crippen LogP contribution is 2.08. The normalized spacial score (nSPS) is 13.3. The summed E-state index contributed by atoms with van der Waals surface area (Å²) in [6.07, 6.45) is 5.16. The van der Waals surface area contributed by atoms with Crippen molar-refractivity contribution < 1.29 is 9.90 Å². The van der Waals surface area contributed by atoms with Gasteiger partial charge in [0.05, 0.1) is 6.10 Å². The second-order valence-electron chi connectivity index (χ2n) is 5.93. The molecule has 2 aromatic carbocycles. The maximum atomic E-state index is 11.4. The van der Waals surface area contributed by atoms with E-state index in [1.807, 2.05) is 72.4 Å². The molecule has 0 radical (unpaired) electrons. The number of hydrogen-bond donors (Lipinski definition) is 2. The molecular formula is C20H26O2Si. The number of hydrogen-bond acceptors (Lipinski definition) is 2. The zero-order chi connectivity index (χ0) is 16.5. The molecule has 0 spiro atoms. The Morgan fingerprint density at radius 2 is 1.48 bits per heavy atom. The van der Waals surface area contributed by atoms with Crippen molar-refractivity contribution in [3.05, 3.63) is 72.4 Å². The fraction of sp³-hybridized carbons (Fsp3) is 0.300. The first-order valence-corrected chi connectivity index (χ1v) is 10.4. The van der Waals surface area contributed by atoms with Crippen LogP contribution in [0.5, 0.6) is 0 Å². The van der Waals surface area contributed by atoms with Gasteiger partial charge < -0.3 is 9.90 Å². The van der Waals surface area contributed by atoms with Crippen LogP contribution in [-0.2, 0) is 0 Å². The van der Waals surface area contributed by atoms with E-state index in [9.17, 15) is 9.90 Å². The lowest BCUT2D eigenvalue weighted by molar-refractivity contribution is 0.164. The molecule has 23 heavy (non-hydrogen) atoms. The van der Waals surface area contributed by atoms with Crippen molar-refractivity contribution in [3.63, 3.8) is 0 Å². The van der Waals surface area contributed by atoms with Crippen LogP contribution in [0.3, 0.4) is 0 Å². The van der Waals surface area contributed by atoms with Crippen LogP contribution in [0.2, 0.25) is 0 Å². The van der Waals surface area contributed by atoms with Crippen molar-refractivity contribution in [1.82, 2.24) is 0 Å². The van der Waals surface area contributed by atoms with E-state index in [-0.39, 0.29) is 6.10 Å². The molecule has 0 heterocycles. The van der Waals surface area contributed by atoms with Crippen molar-refractivity contribution in [3.8, 4) is 0 Å². The van der Waals surface area contributed by atoms with Gasteiger partial charge in [-0.05, 0) is 23.2 Å². The average Bonchev–Trinajstić information content (AvgIpc) is 2.61. The van der Waals surface area contributed by atoms with Crippen LogP contribution in [0, 0.1) is 0 Å². The highest BCUT2D eigenvalue weighted by atomic mass is 28.4. The molecular weight excluding hydrogens is 300 g/mol. The summed E-state index contributed by atoms with van der Waals surface area (Å²) in [4.78, 5) is 11.4. The molecule has 0 aliphatic carbocycles. The average molecular weight is 327 g/mol.